The van der Waals surface area contributed by atoms with Gasteiger partial charge in [-0.3, -0.25) is 0 Å². The lowest BCUT2D eigenvalue weighted by molar-refractivity contribution is -0.150. The number of thiophene rings is 2. The molecule has 0 amide bonds. The Morgan fingerprint density at radius 2 is 1.29 bits per heavy atom. The van der Waals surface area contributed by atoms with Crippen LogP contribution in [0, 0.1) is 0 Å². The maximum Gasteiger partial charge on any atom is 0.335 e. The maximum atomic E-state index is 11.6. The van der Waals surface area contributed by atoms with Crippen molar-refractivity contribution in [2.24, 2.45) is 10.3 Å². The van der Waals surface area contributed by atoms with Crippen LogP contribution < -0.4 is 0 Å². The van der Waals surface area contributed by atoms with Crippen molar-refractivity contribution < 1.29 is 19.3 Å². The van der Waals surface area contributed by atoms with Gasteiger partial charge in [-0.1, -0.05) is 22.4 Å². The molecule has 0 aliphatic carbocycles. The first-order chi connectivity index (χ1) is 11.6. The molecule has 0 atom stereocenters. The molecule has 2 rings (SSSR count). The fourth-order valence-corrected chi connectivity index (χ4v) is 2.93. The van der Waals surface area contributed by atoms with Crippen molar-refractivity contribution in [3.8, 4) is 0 Å². The molecule has 0 radical (unpaired) electrons. The van der Waals surface area contributed by atoms with Gasteiger partial charge < -0.3 is 9.68 Å². The van der Waals surface area contributed by atoms with Crippen LogP contribution in [-0.4, -0.2) is 23.4 Å². The smallest absolute Gasteiger partial charge is 0.318 e. The van der Waals surface area contributed by atoms with Gasteiger partial charge in [0.05, 0.1) is 34.0 Å². The molecule has 0 spiro atoms. The van der Waals surface area contributed by atoms with Gasteiger partial charge in [0.2, 0.25) is 0 Å². The number of nitrogens with zero attached hydrogens (tertiary/aromatic N) is 2. The second-order valence-electron chi connectivity index (χ2n) is 4.73. The lowest BCUT2D eigenvalue weighted by Gasteiger charge is -2.00. The molecule has 0 aliphatic heterocycles. The van der Waals surface area contributed by atoms with Crippen LogP contribution in [0.15, 0.2) is 45.3 Å². The average molecular weight is 364 g/mol. The van der Waals surface area contributed by atoms with Gasteiger partial charge in [0.1, 0.15) is 0 Å². The Morgan fingerprint density at radius 3 is 1.62 bits per heavy atom. The second-order valence-corrected chi connectivity index (χ2v) is 6.63. The highest BCUT2D eigenvalue weighted by atomic mass is 32.1. The van der Waals surface area contributed by atoms with E-state index in [-0.39, 0.29) is 12.8 Å². The Kier molecular flexibility index (Phi) is 6.83. The summed E-state index contributed by atoms with van der Waals surface area (Å²) in [6.07, 6.45) is -0.235. The van der Waals surface area contributed by atoms with Gasteiger partial charge in [-0.25, -0.2) is 9.59 Å². The summed E-state index contributed by atoms with van der Waals surface area (Å²) in [7, 11) is 0. The zero-order chi connectivity index (χ0) is 17.4. The van der Waals surface area contributed by atoms with Crippen LogP contribution in [0.4, 0.5) is 0 Å². The van der Waals surface area contributed by atoms with E-state index in [1.807, 2.05) is 35.0 Å². The third kappa shape index (κ3) is 5.71. The first-order valence-corrected chi connectivity index (χ1v) is 8.89. The molecule has 126 valence electrons. The summed E-state index contributed by atoms with van der Waals surface area (Å²) in [6, 6.07) is 7.52. The Hall–Kier alpha value is -2.32. The highest BCUT2D eigenvalue weighted by Gasteiger charge is 2.10. The molecule has 2 heterocycles. The van der Waals surface area contributed by atoms with E-state index in [2.05, 4.69) is 10.3 Å². The van der Waals surface area contributed by atoms with E-state index < -0.39 is 11.9 Å². The molecule has 0 aromatic carbocycles. The van der Waals surface area contributed by atoms with E-state index in [1.54, 1.807) is 13.8 Å². The molecule has 0 saturated carbocycles. The average Bonchev–Trinajstić information content (AvgIpc) is 3.28. The summed E-state index contributed by atoms with van der Waals surface area (Å²) < 4.78 is 0. The second kappa shape index (κ2) is 9.09. The lowest BCUT2D eigenvalue weighted by Crippen LogP contribution is -2.08. The lowest BCUT2D eigenvalue weighted by atomic mass is 10.3. The first-order valence-electron chi connectivity index (χ1n) is 7.13. The molecule has 0 saturated heterocycles. The van der Waals surface area contributed by atoms with E-state index in [1.165, 1.54) is 22.7 Å². The zero-order valence-corrected chi connectivity index (χ0v) is 14.9. The summed E-state index contributed by atoms with van der Waals surface area (Å²) in [5.41, 5.74) is 1.22. The van der Waals surface area contributed by atoms with Crippen LogP contribution in [0.1, 0.15) is 36.4 Å². The predicted octanol–water partition coefficient (Wildman–Crippen LogP) is 3.82. The van der Waals surface area contributed by atoms with Crippen molar-refractivity contribution in [1.29, 1.82) is 0 Å². The Balaban J connectivity index is 1.72. The normalized spacial score (nSPS) is 12.1. The van der Waals surface area contributed by atoms with E-state index in [0.29, 0.717) is 11.4 Å². The van der Waals surface area contributed by atoms with Crippen molar-refractivity contribution in [3.05, 3.63) is 44.8 Å². The van der Waals surface area contributed by atoms with E-state index in [4.69, 9.17) is 9.68 Å². The highest BCUT2D eigenvalue weighted by Crippen LogP contribution is 2.11. The monoisotopic (exact) mass is 364 g/mol. The minimum atomic E-state index is -0.596. The van der Waals surface area contributed by atoms with Crippen LogP contribution in [0.2, 0.25) is 0 Å². The standard InChI is InChI=1S/C16H16N2O4S2/c1-11(13-5-3-9-23-13)17-21-15(19)7-8-16(20)22-18-12(2)14-6-4-10-24-14/h3-6,9-10H,7-8H2,1-2H3. The van der Waals surface area contributed by atoms with Crippen molar-refractivity contribution in [2.45, 2.75) is 26.7 Å². The molecule has 0 bridgehead atoms. The number of hydrogen-bond donors (Lipinski definition) is 0. The summed E-state index contributed by atoms with van der Waals surface area (Å²) in [4.78, 5) is 34.5. The largest absolute Gasteiger partial charge is 0.335 e. The van der Waals surface area contributed by atoms with Crippen LogP contribution in [-0.2, 0) is 19.3 Å². The van der Waals surface area contributed by atoms with Gasteiger partial charge in [0, 0.05) is 0 Å². The third-order valence-electron chi connectivity index (χ3n) is 2.86. The Labute approximate surface area is 147 Å². The minimum Gasteiger partial charge on any atom is -0.318 e. The quantitative estimate of drug-likeness (QED) is 0.425. The molecule has 2 aromatic heterocycles. The molecule has 24 heavy (non-hydrogen) atoms. The maximum absolute atomic E-state index is 11.6. The predicted molar refractivity (Wildman–Crippen MR) is 94.5 cm³/mol. The van der Waals surface area contributed by atoms with Crippen LogP contribution in [0.5, 0.6) is 0 Å². The summed E-state index contributed by atoms with van der Waals surface area (Å²) >= 11 is 3.00. The first kappa shape index (κ1) is 18.0. The van der Waals surface area contributed by atoms with E-state index in [0.717, 1.165) is 9.75 Å². The number of oxime groups is 2. The Bertz CT molecular complexity index is 670. The molecule has 0 unspecified atom stereocenters. The number of hydrogen-bond acceptors (Lipinski definition) is 8. The minimum absolute atomic E-state index is 0.117. The van der Waals surface area contributed by atoms with Crippen LogP contribution >= 0.6 is 22.7 Å². The number of carbonyl (C=O) groups excluding carboxylic acids is 2. The third-order valence-corrected chi connectivity index (χ3v) is 4.81. The molecule has 2 aromatic rings. The molecule has 0 aliphatic rings. The topological polar surface area (TPSA) is 77.3 Å². The fraction of sp³-hybridized carbons (Fsp3) is 0.250. The van der Waals surface area contributed by atoms with E-state index >= 15 is 0 Å². The van der Waals surface area contributed by atoms with Gasteiger partial charge in [0.15, 0.2) is 0 Å². The van der Waals surface area contributed by atoms with Gasteiger partial charge >= 0.3 is 11.9 Å². The van der Waals surface area contributed by atoms with Crippen molar-refractivity contribution >= 4 is 46.0 Å². The zero-order valence-electron chi connectivity index (χ0n) is 13.2. The number of carbonyl (C=O) groups is 2. The molecule has 8 heteroatoms. The van der Waals surface area contributed by atoms with Crippen molar-refractivity contribution in [2.75, 3.05) is 0 Å². The van der Waals surface area contributed by atoms with Crippen molar-refractivity contribution in [3.63, 3.8) is 0 Å². The van der Waals surface area contributed by atoms with Crippen LogP contribution in [0.25, 0.3) is 0 Å². The molecule has 6 nitrogen and oxygen atoms in total. The van der Waals surface area contributed by atoms with Crippen molar-refractivity contribution in [1.82, 2.24) is 0 Å². The van der Waals surface area contributed by atoms with E-state index in [9.17, 15) is 9.59 Å². The fourth-order valence-electron chi connectivity index (χ4n) is 1.59. The number of rotatable bonds is 7. The summed E-state index contributed by atoms with van der Waals surface area (Å²) in [5, 5.41) is 11.3. The summed E-state index contributed by atoms with van der Waals surface area (Å²) in [5.74, 6) is -1.19. The van der Waals surface area contributed by atoms with Gasteiger partial charge in [-0.05, 0) is 36.7 Å². The SMILES string of the molecule is CC(=NOC(=O)CCC(=O)ON=C(C)c1cccs1)c1cccs1. The van der Waals surface area contributed by atoms with Gasteiger partial charge in [0.25, 0.3) is 0 Å². The molecular formula is C16H16N2O4S2. The molecule has 0 N–H and O–H groups in total. The van der Waals surface area contributed by atoms with Gasteiger partial charge in [-0.2, -0.15) is 0 Å². The molecular weight excluding hydrogens is 348 g/mol. The van der Waals surface area contributed by atoms with Gasteiger partial charge in [-0.15, -0.1) is 22.7 Å². The summed E-state index contributed by atoms with van der Waals surface area (Å²) in [6.45, 7) is 3.49. The Morgan fingerprint density at radius 1 is 0.875 bits per heavy atom. The highest BCUT2D eigenvalue weighted by molar-refractivity contribution is 7.12. The molecule has 0 fully saturated rings. The van der Waals surface area contributed by atoms with Crippen LogP contribution in [0.3, 0.4) is 0 Å².